The molecule has 0 heterocycles. The first-order chi connectivity index (χ1) is 15.5. The number of aryl methyl sites for hydroxylation is 1. The van der Waals surface area contributed by atoms with Crippen LogP contribution in [0.3, 0.4) is 0 Å². The zero-order valence-corrected chi connectivity index (χ0v) is 18.9. The number of fused-ring (bicyclic) bond motifs is 2. The lowest BCUT2D eigenvalue weighted by Crippen LogP contribution is -2.33. The number of benzene rings is 1. The molecule has 3 unspecified atom stereocenters. The molecule has 0 spiro atoms. The minimum absolute atomic E-state index is 0.00345. The molecule has 168 valence electrons. The number of carbonyl (C=O) groups is 3. The van der Waals surface area contributed by atoms with E-state index in [2.05, 4.69) is 18.3 Å². The van der Waals surface area contributed by atoms with E-state index in [9.17, 15) is 14.4 Å². The number of carbonyl (C=O) groups excluding carboxylic acids is 3. The topological polar surface area (TPSA) is 63.2 Å². The van der Waals surface area contributed by atoms with Crippen LogP contribution in [0.1, 0.15) is 72.9 Å². The Balaban J connectivity index is 1.18. The molecular weight excluding hydrogens is 398 g/mol. The van der Waals surface area contributed by atoms with Crippen molar-refractivity contribution in [1.29, 1.82) is 0 Å². The number of rotatable bonds is 3. The van der Waals surface area contributed by atoms with Gasteiger partial charge in [-0.2, -0.15) is 0 Å². The second-order valence-corrected chi connectivity index (χ2v) is 10.2. The third kappa shape index (κ3) is 4.12. The summed E-state index contributed by atoms with van der Waals surface area (Å²) in [5.74, 6) is 2.29. The molecule has 2 fully saturated rings. The highest BCUT2D eigenvalue weighted by Crippen LogP contribution is 2.59. The molecule has 4 heteroatoms. The normalized spacial score (nSPS) is 34.7. The van der Waals surface area contributed by atoms with Crippen LogP contribution < -0.4 is 5.32 Å². The molecule has 5 rings (SSSR count). The van der Waals surface area contributed by atoms with Crippen LogP contribution in [0, 0.1) is 36.5 Å². The summed E-state index contributed by atoms with van der Waals surface area (Å²) in [6.45, 7) is 2.12. The minimum Gasteiger partial charge on any atom is -0.326 e. The number of nitrogens with one attached hydrogen (secondary N) is 1. The molecule has 32 heavy (non-hydrogen) atoms. The fourth-order valence-electron chi connectivity index (χ4n) is 6.53. The van der Waals surface area contributed by atoms with Crippen molar-refractivity contribution in [3.63, 3.8) is 0 Å². The minimum atomic E-state index is 0.00345. The lowest BCUT2D eigenvalue weighted by atomic mass is 9.77. The van der Waals surface area contributed by atoms with Gasteiger partial charge in [0.2, 0.25) is 5.91 Å². The lowest BCUT2D eigenvalue weighted by molar-refractivity contribution is -0.125. The first-order valence-electron chi connectivity index (χ1n) is 12.4. The van der Waals surface area contributed by atoms with Gasteiger partial charge in [0.15, 0.2) is 11.6 Å². The van der Waals surface area contributed by atoms with Gasteiger partial charge in [-0.25, -0.2) is 0 Å². The lowest BCUT2D eigenvalue weighted by Gasteiger charge is -2.29. The zero-order chi connectivity index (χ0) is 22.2. The van der Waals surface area contributed by atoms with Crippen molar-refractivity contribution in [1.82, 2.24) is 5.32 Å². The third-order valence-corrected chi connectivity index (χ3v) is 8.30. The largest absolute Gasteiger partial charge is 0.326 e. The molecule has 0 radical (unpaired) electrons. The first kappa shape index (κ1) is 21.4. The van der Waals surface area contributed by atoms with Crippen molar-refractivity contribution in [3.8, 4) is 0 Å². The van der Waals surface area contributed by atoms with Gasteiger partial charge in [-0.1, -0.05) is 24.3 Å². The van der Waals surface area contributed by atoms with Crippen molar-refractivity contribution < 1.29 is 14.4 Å². The SMILES string of the molecule is Cc1cccc2c1CCC1C(C2=O)C1C1CCC(C(=O)NC2=C/C(=O)CCC/C=C\2)CC1. The summed E-state index contributed by atoms with van der Waals surface area (Å²) in [5, 5.41) is 2.99. The quantitative estimate of drug-likeness (QED) is 0.724. The van der Waals surface area contributed by atoms with E-state index in [1.54, 1.807) is 6.08 Å². The molecule has 4 aliphatic carbocycles. The molecule has 0 saturated heterocycles. The summed E-state index contributed by atoms with van der Waals surface area (Å²) in [7, 11) is 0. The van der Waals surface area contributed by atoms with Crippen LogP contribution in [-0.4, -0.2) is 17.5 Å². The maximum atomic E-state index is 13.3. The van der Waals surface area contributed by atoms with E-state index in [-0.39, 0.29) is 23.5 Å². The Bertz CT molecular complexity index is 996. The fourth-order valence-corrected chi connectivity index (χ4v) is 6.53. The van der Waals surface area contributed by atoms with Gasteiger partial charge in [0.1, 0.15) is 0 Å². The van der Waals surface area contributed by atoms with Gasteiger partial charge in [0.05, 0.1) is 0 Å². The average molecular weight is 432 g/mol. The Morgan fingerprint density at radius 2 is 1.84 bits per heavy atom. The van der Waals surface area contributed by atoms with Crippen molar-refractivity contribution in [3.05, 3.63) is 58.8 Å². The molecule has 1 aromatic carbocycles. The highest BCUT2D eigenvalue weighted by Gasteiger charge is 2.58. The molecule has 0 bridgehead atoms. The van der Waals surface area contributed by atoms with Crippen LogP contribution in [0.4, 0.5) is 0 Å². The van der Waals surface area contributed by atoms with Crippen molar-refractivity contribution in [2.24, 2.45) is 29.6 Å². The standard InChI is InChI=1S/C28H33NO3/c1-17-6-5-9-23-22(17)14-15-24-25(26(24)27(23)31)18-10-12-19(13-11-18)28(32)29-20-7-3-2-4-8-21(30)16-20/h3,5-7,9,16,18-19,24-26H,2,4,8,10-15H2,1H3,(H,29,32)/b7-3-,20-16+. The summed E-state index contributed by atoms with van der Waals surface area (Å²) >= 11 is 0. The monoisotopic (exact) mass is 431 g/mol. The molecule has 0 aliphatic heterocycles. The molecule has 3 atom stereocenters. The van der Waals surface area contributed by atoms with Crippen LogP contribution >= 0.6 is 0 Å². The Labute approximate surface area is 190 Å². The molecule has 4 nitrogen and oxygen atoms in total. The average Bonchev–Trinajstić information content (AvgIpc) is 3.51. The predicted molar refractivity (Wildman–Crippen MR) is 124 cm³/mol. The molecular formula is C28H33NO3. The van der Waals surface area contributed by atoms with Crippen LogP contribution in [0.25, 0.3) is 0 Å². The second kappa shape index (κ2) is 8.80. The number of Topliss-reactive ketones (excluding diaryl/α,β-unsaturated/α-hetero) is 1. The van der Waals surface area contributed by atoms with Gasteiger partial charge < -0.3 is 5.32 Å². The Morgan fingerprint density at radius 3 is 2.66 bits per heavy atom. The highest BCUT2D eigenvalue weighted by atomic mass is 16.2. The number of hydrogen-bond donors (Lipinski definition) is 1. The summed E-state index contributed by atoms with van der Waals surface area (Å²) in [6.07, 6.45) is 13.7. The van der Waals surface area contributed by atoms with Crippen LogP contribution in [0.2, 0.25) is 0 Å². The van der Waals surface area contributed by atoms with Gasteiger partial charge in [-0.15, -0.1) is 0 Å². The van der Waals surface area contributed by atoms with Gasteiger partial charge in [0.25, 0.3) is 0 Å². The van der Waals surface area contributed by atoms with E-state index in [4.69, 9.17) is 0 Å². The summed E-state index contributed by atoms with van der Waals surface area (Å²) < 4.78 is 0. The maximum Gasteiger partial charge on any atom is 0.227 e. The zero-order valence-electron chi connectivity index (χ0n) is 18.9. The van der Waals surface area contributed by atoms with E-state index in [1.807, 2.05) is 24.3 Å². The fraction of sp³-hybridized carbons (Fsp3) is 0.536. The number of amides is 1. The second-order valence-electron chi connectivity index (χ2n) is 10.2. The molecule has 1 aromatic rings. The Morgan fingerprint density at radius 1 is 1.03 bits per heavy atom. The van der Waals surface area contributed by atoms with E-state index >= 15 is 0 Å². The van der Waals surface area contributed by atoms with Crippen LogP contribution in [-0.2, 0) is 16.0 Å². The molecule has 4 aliphatic rings. The van der Waals surface area contributed by atoms with Crippen LogP contribution in [0.5, 0.6) is 0 Å². The smallest absolute Gasteiger partial charge is 0.227 e. The molecule has 1 amide bonds. The Kier molecular flexibility index (Phi) is 5.88. The van der Waals surface area contributed by atoms with E-state index in [0.717, 1.165) is 56.9 Å². The van der Waals surface area contributed by atoms with E-state index in [0.29, 0.717) is 35.7 Å². The van der Waals surface area contributed by atoms with E-state index < -0.39 is 0 Å². The number of ketones is 2. The Hall–Kier alpha value is -2.49. The van der Waals surface area contributed by atoms with Gasteiger partial charge in [-0.05, 0) is 93.2 Å². The van der Waals surface area contributed by atoms with Gasteiger partial charge in [-0.3, -0.25) is 14.4 Å². The number of allylic oxidation sites excluding steroid dienone is 3. The number of hydrogen-bond acceptors (Lipinski definition) is 3. The van der Waals surface area contributed by atoms with Crippen molar-refractivity contribution in [2.75, 3.05) is 0 Å². The van der Waals surface area contributed by atoms with Crippen molar-refractivity contribution >= 4 is 17.5 Å². The van der Waals surface area contributed by atoms with Crippen LogP contribution in [0.15, 0.2) is 42.1 Å². The molecule has 1 N–H and O–H groups in total. The van der Waals surface area contributed by atoms with Gasteiger partial charge in [0, 0.05) is 35.6 Å². The van der Waals surface area contributed by atoms with E-state index in [1.165, 1.54) is 11.1 Å². The first-order valence-corrected chi connectivity index (χ1v) is 12.4. The maximum absolute atomic E-state index is 13.3. The highest BCUT2D eigenvalue weighted by molar-refractivity contribution is 6.02. The predicted octanol–water partition coefficient (Wildman–Crippen LogP) is 5.10. The summed E-state index contributed by atoms with van der Waals surface area (Å²) in [4.78, 5) is 38.0. The molecule has 2 saturated carbocycles. The summed E-state index contributed by atoms with van der Waals surface area (Å²) in [5.41, 5.74) is 4.10. The van der Waals surface area contributed by atoms with Gasteiger partial charge >= 0.3 is 0 Å². The third-order valence-electron chi connectivity index (χ3n) is 8.30. The van der Waals surface area contributed by atoms with Crippen molar-refractivity contribution in [2.45, 2.75) is 64.7 Å². The molecule has 0 aromatic heterocycles. The summed E-state index contributed by atoms with van der Waals surface area (Å²) in [6, 6.07) is 6.15.